The van der Waals surface area contributed by atoms with Crippen molar-refractivity contribution in [2.24, 2.45) is 0 Å². The van der Waals surface area contributed by atoms with Crippen LogP contribution in [-0.4, -0.2) is 38.6 Å². The first-order valence-electron chi connectivity index (χ1n) is 8.36. The Morgan fingerprint density at radius 3 is 2.44 bits per heavy atom. The van der Waals surface area contributed by atoms with Gasteiger partial charge in [0, 0.05) is 23.9 Å². The van der Waals surface area contributed by atoms with Crippen molar-refractivity contribution >= 4 is 17.2 Å². The maximum Gasteiger partial charge on any atom is 0.248 e. The molecule has 1 N–H and O–H groups in total. The molecule has 0 aliphatic heterocycles. The van der Waals surface area contributed by atoms with Gasteiger partial charge in [0.2, 0.25) is 5.91 Å². The van der Waals surface area contributed by atoms with Crippen LogP contribution in [0.25, 0.3) is 5.57 Å². The molecule has 0 aliphatic carbocycles. The molecular formula is C21H26N2O2. The zero-order valence-corrected chi connectivity index (χ0v) is 15.4. The van der Waals surface area contributed by atoms with Gasteiger partial charge in [-0.2, -0.15) is 0 Å². The maximum atomic E-state index is 12.3. The molecule has 0 bridgehead atoms. The summed E-state index contributed by atoms with van der Waals surface area (Å²) in [7, 11) is 5.75. The molecular weight excluding hydrogens is 312 g/mol. The van der Waals surface area contributed by atoms with Gasteiger partial charge in [0.15, 0.2) is 0 Å². The third-order valence-electron chi connectivity index (χ3n) is 3.95. The molecule has 1 amide bonds. The molecule has 2 aromatic carbocycles. The van der Waals surface area contributed by atoms with Gasteiger partial charge in [-0.25, -0.2) is 0 Å². The summed E-state index contributed by atoms with van der Waals surface area (Å²) < 4.78 is 5.34. The molecule has 0 spiro atoms. The Balaban J connectivity index is 2.01. The van der Waals surface area contributed by atoms with Crippen LogP contribution >= 0.6 is 0 Å². The molecule has 2 rings (SSSR count). The minimum absolute atomic E-state index is 0.149. The highest BCUT2D eigenvalue weighted by atomic mass is 16.5. The highest BCUT2D eigenvalue weighted by Gasteiger charge is 2.06. The molecule has 0 radical (unpaired) electrons. The van der Waals surface area contributed by atoms with Crippen LogP contribution in [0.15, 0.2) is 54.6 Å². The van der Waals surface area contributed by atoms with E-state index >= 15 is 0 Å². The standard InChI is InChI=1S/C21H26N2O2/c1-16(19-7-5-6-8-20(19)25-4)15-21(24)22-18-11-9-17(10-12-18)13-14-23(2)3/h5-12,15H,13-14H2,1-4H3,(H,22,24). The van der Waals surface area contributed by atoms with Crippen molar-refractivity contribution in [1.29, 1.82) is 0 Å². The van der Waals surface area contributed by atoms with Crippen LogP contribution in [0.5, 0.6) is 5.75 Å². The van der Waals surface area contributed by atoms with Gasteiger partial charge in [-0.15, -0.1) is 0 Å². The number of nitrogens with one attached hydrogen (secondary N) is 1. The van der Waals surface area contributed by atoms with Crippen LogP contribution in [0, 0.1) is 0 Å². The van der Waals surface area contributed by atoms with E-state index in [0.29, 0.717) is 0 Å². The number of rotatable bonds is 7. The largest absolute Gasteiger partial charge is 0.496 e. The predicted molar refractivity (Wildman–Crippen MR) is 104 cm³/mol. The fraction of sp³-hybridized carbons (Fsp3) is 0.286. The number of allylic oxidation sites excluding steroid dienone is 1. The van der Waals surface area contributed by atoms with Crippen molar-refractivity contribution in [3.05, 3.63) is 65.7 Å². The molecule has 0 fully saturated rings. The van der Waals surface area contributed by atoms with E-state index in [-0.39, 0.29) is 5.91 Å². The normalized spacial score (nSPS) is 11.5. The van der Waals surface area contributed by atoms with Crippen LogP contribution in [-0.2, 0) is 11.2 Å². The van der Waals surface area contributed by atoms with Crippen LogP contribution in [0.2, 0.25) is 0 Å². The lowest BCUT2D eigenvalue weighted by molar-refractivity contribution is -0.111. The molecule has 0 saturated carbocycles. The summed E-state index contributed by atoms with van der Waals surface area (Å²) in [5.74, 6) is 0.610. The first kappa shape index (κ1) is 18.7. The Hall–Kier alpha value is -2.59. The van der Waals surface area contributed by atoms with Crippen LogP contribution in [0.1, 0.15) is 18.1 Å². The number of nitrogens with zero attached hydrogens (tertiary/aromatic N) is 1. The molecule has 4 heteroatoms. The lowest BCUT2D eigenvalue weighted by atomic mass is 10.1. The third-order valence-corrected chi connectivity index (χ3v) is 3.95. The van der Waals surface area contributed by atoms with Gasteiger partial charge < -0.3 is 15.0 Å². The first-order chi connectivity index (χ1) is 12.0. The molecule has 0 aliphatic rings. The Labute approximate surface area is 150 Å². The average molecular weight is 338 g/mol. The highest BCUT2D eigenvalue weighted by Crippen LogP contribution is 2.25. The molecule has 0 heterocycles. The van der Waals surface area contributed by atoms with E-state index in [9.17, 15) is 4.79 Å². The summed E-state index contributed by atoms with van der Waals surface area (Å²) in [4.78, 5) is 14.4. The van der Waals surface area contributed by atoms with E-state index < -0.39 is 0 Å². The minimum atomic E-state index is -0.149. The number of hydrogen-bond acceptors (Lipinski definition) is 3. The Morgan fingerprint density at radius 1 is 1.12 bits per heavy atom. The highest BCUT2D eigenvalue weighted by molar-refractivity contribution is 6.04. The first-order valence-corrected chi connectivity index (χ1v) is 8.36. The number of carbonyl (C=O) groups is 1. The maximum absolute atomic E-state index is 12.3. The van der Waals surface area contributed by atoms with Gasteiger partial charge in [-0.1, -0.05) is 30.3 Å². The fourth-order valence-corrected chi connectivity index (χ4v) is 2.53. The smallest absolute Gasteiger partial charge is 0.248 e. The van der Waals surface area contributed by atoms with Crippen LogP contribution < -0.4 is 10.1 Å². The summed E-state index contributed by atoms with van der Waals surface area (Å²) in [6, 6.07) is 15.7. The zero-order valence-electron chi connectivity index (χ0n) is 15.4. The monoisotopic (exact) mass is 338 g/mol. The van der Waals surface area contributed by atoms with Crippen LogP contribution in [0.4, 0.5) is 5.69 Å². The van der Waals surface area contributed by atoms with Gasteiger partial charge in [-0.05, 0) is 56.8 Å². The summed E-state index contributed by atoms with van der Waals surface area (Å²) in [5.41, 5.74) is 3.83. The number of para-hydroxylation sites is 1. The van der Waals surface area contributed by atoms with Crippen molar-refractivity contribution in [2.45, 2.75) is 13.3 Å². The van der Waals surface area contributed by atoms with E-state index in [2.05, 4.69) is 36.4 Å². The quantitative estimate of drug-likeness (QED) is 0.780. The molecule has 0 saturated heterocycles. The predicted octanol–water partition coefficient (Wildman–Crippen LogP) is 3.84. The molecule has 25 heavy (non-hydrogen) atoms. The summed E-state index contributed by atoms with van der Waals surface area (Å²) in [6.45, 7) is 2.91. The molecule has 2 aromatic rings. The second kappa shape index (κ2) is 9.04. The number of amides is 1. The van der Waals surface area contributed by atoms with Crippen molar-refractivity contribution in [3.63, 3.8) is 0 Å². The van der Waals surface area contributed by atoms with Gasteiger partial charge in [-0.3, -0.25) is 4.79 Å². The van der Waals surface area contributed by atoms with E-state index in [1.165, 1.54) is 5.56 Å². The number of carbonyl (C=O) groups excluding carboxylic acids is 1. The van der Waals surface area contributed by atoms with E-state index in [1.54, 1.807) is 13.2 Å². The van der Waals surface area contributed by atoms with Crippen LogP contribution in [0.3, 0.4) is 0 Å². The second-order valence-electron chi connectivity index (χ2n) is 6.27. The lowest BCUT2D eigenvalue weighted by Crippen LogP contribution is -2.15. The number of hydrogen-bond donors (Lipinski definition) is 1. The van der Waals surface area contributed by atoms with E-state index in [4.69, 9.17) is 4.74 Å². The van der Waals surface area contributed by atoms with Crippen molar-refractivity contribution in [1.82, 2.24) is 4.90 Å². The fourth-order valence-electron chi connectivity index (χ4n) is 2.53. The SMILES string of the molecule is COc1ccccc1C(C)=CC(=O)Nc1ccc(CCN(C)C)cc1. The van der Waals surface area contributed by atoms with Gasteiger partial charge in [0.1, 0.15) is 5.75 Å². The molecule has 0 atom stereocenters. The van der Waals surface area contributed by atoms with Crippen molar-refractivity contribution in [2.75, 3.05) is 33.1 Å². The number of ether oxygens (including phenoxy) is 1. The molecule has 0 unspecified atom stereocenters. The Morgan fingerprint density at radius 2 is 1.80 bits per heavy atom. The molecule has 132 valence electrons. The Kier molecular flexibility index (Phi) is 6.78. The van der Waals surface area contributed by atoms with Gasteiger partial charge in [0.05, 0.1) is 7.11 Å². The lowest BCUT2D eigenvalue weighted by Gasteiger charge is -2.10. The zero-order chi connectivity index (χ0) is 18.2. The number of methoxy groups -OCH3 is 1. The second-order valence-corrected chi connectivity index (χ2v) is 6.27. The average Bonchev–Trinajstić information content (AvgIpc) is 2.60. The number of likely N-dealkylation sites (N-methyl/N-ethyl adjacent to an activating group) is 1. The molecule has 0 aromatic heterocycles. The van der Waals surface area contributed by atoms with E-state index in [1.807, 2.05) is 43.3 Å². The van der Waals surface area contributed by atoms with E-state index in [0.717, 1.165) is 35.5 Å². The summed E-state index contributed by atoms with van der Waals surface area (Å²) >= 11 is 0. The molecule has 4 nitrogen and oxygen atoms in total. The van der Waals surface area contributed by atoms with Crippen molar-refractivity contribution < 1.29 is 9.53 Å². The number of benzene rings is 2. The minimum Gasteiger partial charge on any atom is -0.496 e. The van der Waals surface area contributed by atoms with Gasteiger partial charge >= 0.3 is 0 Å². The number of anilines is 1. The summed E-state index contributed by atoms with van der Waals surface area (Å²) in [5, 5.41) is 2.91. The topological polar surface area (TPSA) is 41.6 Å². The van der Waals surface area contributed by atoms with Gasteiger partial charge in [0.25, 0.3) is 0 Å². The Bertz CT molecular complexity index is 734. The third kappa shape index (κ3) is 5.76. The summed E-state index contributed by atoms with van der Waals surface area (Å²) in [6.07, 6.45) is 2.59. The van der Waals surface area contributed by atoms with Crippen molar-refractivity contribution in [3.8, 4) is 5.75 Å².